The van der Waals surface area contributed by atoms with Crippen LogP contribution in [0.25, 0.3) is 0 Å². The normalized spacial score (nSPS) is 15.1. The molecule has 148 valence electrons. The van der Waals surface area contributed by atoms with Crippen molar-refractivity contribution in [2.45, 2.75) is 90.4 Å². The molecule has 1 aromatic heterocycles. The van der Waals surface area contributed by atoms with Gasteiger partial charge in [0, 0.05) is 6.54 Å². The fourth-order valence-corrected chi connectivity index (χ4v) is 4.38. The van der Waals surface area contributed by atoms with Gasteiger partial charge in [-0.2, -0.15) is 0 Å². The third kappa shape index (κ3) is 9.07. The number of carboxylic acid groups (broad SMARTS) is 1. The van der Waals surface area contributed by atoms with E-state index >= 15 is 0 Å². The SMILES string of the molecule is CCCCCCC(CCCCCCC1CC1)CNc1ccc(C(=O)O)s1. The summed E-state index contributed by atoms with van der Waals surface area (Å²) in [5.41, 5.74) is 0. The van der Waals surface area contributed by atoms with E-state index in [1.807, 2.05) is 6.07 Å². The van der Waals surface area contributed by atoms with E-state index < -0.39 is 5.97 Å². The molecule has 2 rings (SSSR count). The highest BCUT2D eigenvalue weighted by molar-refractivity contribution is 7.17. The number of aromatic carboxylic acids is 1. The lowest BCUT2D eigenvalue weighted by atomic mass is 9.94. The van der Waals surface area contributed by atoms with Gasteiger partial charge < -0.3 is 10.4 Å². The third-order valence-corrected chi connectivity index (χ3v) is 6.55. The largest absolute Gasteiger partial charge is 0.477 e. The molecule has 0 amide bonds. The van der Waals surface area contributed by atoms with Crippen LogP contribution in [0.5, 0.6) is 0 Å². The Morgan fingerprint density at radius 1 is 1.12 bits per heavy atom. The number of hydrogen-bond acceptors (Lipinski definition) is 3. The molecule has 0 aromatic carbocycles. The lowest BCUT2D eigenvalue weighted by Crippen LogP contribution is -2.14. The molecular weight excluding hydrogens is 342 g/mol. The van der Waals surface area contributed by atoms with Crippen molar-refractivity contribution in [1.29, 1.82) is 0 Å². The molecular formula is C22H37NO2S. The first-order valence-electron chi connectivity index (χ1n) is 10.8. The summed E-state index contributed by atoms with van der Waals surface area (Å²) in [7, 11) is 0. The van der Waals surface area contributed by atoms with Gasteiger partial charge in [-0.25, -0.2) is 4.79 Å². The van der Waals surface area contributed by atoms with E-state index in [0.717, 1.165) is 17.5 Å². The highest BCUT2D eigenvalue weighted by Gasteiger charge is 2.19. The average molecular weight is 380 g/mol. The van der Waals surface area contributed by atoms with Crippen LogP contribution < -0.4 is 5.32 Å². The van der Waals surface area contributed by atoms with Gasteiger partial charge in [-0.05, 0) is 36.8 Å². The minimum Gasteiger partial charge on any atom is -0.477 e. The van der Waals surface area contributed by atoms with Gasteiger partial charge in [-0.3, -0.25) is 0 Å². The van der Waals surface area contributed by atoms with Crippen LogP contribution in [0.15, 0.2) is 12.1 Å². The lowest BCUT2D eigenvalue weighted by molar-refractivity contribution is 0.0702. The zero-order valence-corrected chi connectivity index (χ0v) is 17.3. The van der Waals surface area contributed by atoms with Crippen molar-refractivity contribution < 1.29 is 9.90 Å². The molecule has 1 aliphatic rings. The second-order valence-corrected chi connectivity index (χ2v) is 9.08. The van der Waals surface area contributed by atoms with E-state index in [2.05, 4.69) is 12.2 Å². The Labute approximate surface area is 163 Å². The zero-order chi connectivity index (χ0) is 18.6. The number of thiophene rings is 1. The minimum absolute atomic E-state index is 0.419. The van der Waals surface area contributed by atoms with Crippen molar-refractivity contribution in [1.82, 2.24) is 0 Å². The van der Waals surface area contributed by atoms with Crippen LogP contribution in [-0.2, 0) is 0 Å². The molecule has 1 atom stereocenters. The molecule has 1 aromatic rings. The van der Waals surface area contributed by atoms with Crippen LogP contribution in [0.1, 0.15) is 100 Å². The van der Waals surface area contributed by atoms with Crippen molar-refractivity contribution in [3.63, 3.8) is 0 Å². The van der Waals surface area contributed by atoms with E-state index in [1.165, 1.54) is 94.8 Å². The van der Waals surface area contributed by atoms with Crippen LogP contribution >= 0.6 is 11.3 Å². The Kier molecular flexibility index (Phi) is 10.1. The van der Waals surface area contributed by atoms with E-state index in [-0.39, 0.29) is 0 Å². The summed E-state index contributed by atoms with van der Waals surface area (Å²) >= 11 is 1.35. The molecule has 1 heterocycles. The van der Waals surface area contributed by atoms with Crippen molar-refractivity contribution >= 4 is 22.3 Å². The quantitative estimate of drug-likeness (QED) is 0.299. The summed E-state index contributed by atoms with van der Waals surface area (Å²) in [5, 5.41) is 13.5. The first-order valence-corrected chi connectivity index (χ1v) is 11.6. The summed E-state index contributed by atoms with van der Waals surface area (Å²) in [6, 6.07) is 3.60. The van der Waals surface area contributed by atoms with Gasteiger partial charge in [-0.15, -0.1) is 11.3 Å². The molecule has 1 aliphatic carbocycles. The molecule has 1 unspecified atom stereocenters. The predicted molar refractivity (Wildman–Crippen MR) is 112 cm³/mol. The van der Waals surface area contributed by atoms with Gasteiger partial charge in [0.15, 0.2) is 0 Å². The summed E-state index contributed by atoms with van der Waals surface area (Å²) < 4.78 is 0. The molecule has 3 nitrogen and oxygen atoms in total. The van der Waals surface area contributed by atoms with Gasteiger partial charge in [-0.1, -0.05) is 77.6 Å². The second-order valence-electron chi connectivity index (χ2n) is 8.00. The predicted octanol–water partition coefficient (Wildman–Crippen LogP) is 7.20. The molecule has 26 heavy (non-hydrogen) atoms. The van der Waals surface area contributed by atoms with Gasteiger partial charge >= 0.3 is 5.97 Å². The number of hydrogen-bond donors (Lipinski definition) is 2. The number of carbonyl (C=O) groups is 1. The molecule has 0 aliphatic heterocycles. The van der Waals surface area contributed by atoms with E-state index in [4.69, 9.17) is 5.11 Å². The summed E-state index contributed by atoms with van der Waals surface area (Å²) in [5.74, 6) is 0.961. The zero-order valence-electron chi connectivity index (χ0n) is 16.5. The number of carboxylic acids is 1. The summed E-state index contributed by atoms with van der Waals surface area (Å²) in [4.78, 5) is 11.4. The maximum atomic E-state index is 11.0. The number of anilines is 1. The van der Waals surface area contributed by atoms with Crippen molar-refractivity contribution in [2.75, 3.05) is 11.9 Å². The fourth-order valence-electron chi connectivity index (χ4n) is 3.63. The highest BCUT2D eigenvalue weighted by atomic mass is 32.1. The Morgan fingerprint density at radius 3 is 2.42 bits per heavy atom. The van der Waals surface area contributed by atoms with Crippen molar-refractivity contribution in [3.8, 4) is 0 Å². The number of rotatable bonds is 16. The number of unbranched alkanes of at least 4 members (excludes halogenated alkanes) is 6. The van der Waals surface area contributed by atoms with Gasteiger partial charge in [0.2, 0.25) is 0 Å². The first kappa shape index (κ1) is 21.3. The molecule has 0 spiro atoms. The van der Waals surface area contributed by atoms with E-state index in [9.17, 15) is 4.79 Å². The van der Waals surface area contributed by atoms with Crippen LogP contribution in [0.4, 0.5) is 5.00 Å². The standard InChI is InChI=1S/C22H37NO2S/c1-2-3-4-7-11-19(12-9-6-5-8-10-18-13-14-18)17-23-21-16-15-20(26-21)22(24)25/h15-16,18-19,23H,2-14,17H2,1H3,(H,24,25). The monoisotopic (exact) mass is 379 g/mol. The Hall–Kier alpha value is -1.03. The molecule has 1 saturated carbocycles. The van der Waals surface area contributed by atoms with Crippen LogP contribution in [0.3, 0.4) is 0 Å². The maximum Gasteiger partial charge on any atom is 0.345 e. The summed E-state index contributed by atoms with van der Waals surface area (Å²) in [6.45, 7) is 3.24. The molecule has 0 radical (unpaired) electrons. The Balaban J connectivity index is 1.65. The molecule has 1 fully saturated rings. The van der Waals surface area contributed by atoms with Crippen LogP contribution in [-0.4, -0.2) is 17.6 Å². The van der Waals surface area contributed by atoms with Crippen molar-refractivity contribution in [2.24, 2.45) is 11.8 Å². The van der Waals surface area contributed by atoms with Crippen molar-refractivity contribution in [3.05, 3.63) is 17.0 Å². The highest BCUT2D eigenvalue weighted by Crippen LogP contribution is 2.34. The minimum atomic E-state index is -0.828. The number of nitrogens with one attached hydrogen (secondary N) is 1. The third-order valence-electron chi connectivity index (χ3n) is 5.52. The van der Waals surface area contributed by atoms with Gasteiger partial charge in [0.1, 0.15) is 4.88 Å². The van der Waals surface area contributed by atoms with Crippen LogP contribution in [0, 0.1) is 11.8 Å². The molecule has 0 saturated heterocycles. The molecule has 2 N–H and O–H groups in total. The topological polar surface area (TPSA) is 49.3 Å². The summed E-state index contributed by atoms with van der Waals surface area (Å²) in [6.07, 6.45) is 17.9. The first-order chi connectivity index (χ1) is 12.7. The lowest BCUT2D eigenvalue weighted by Gasteiger charge is -2.18. The molecule has 4 heteroatoms. The van der Waals surface area contributed by atoms with E-state index in [0.29, 0.717) is 10.8 Å². The average Bonchev–Trinajstić information content (AvgIpc) is 3.33. The van der Waals surface area contributed by atoms with Gasteiger partial charge in [0.05, 0.1) is 5.00 Å². The Bertz CT molecular complexity index is 510. The smallest absolute Gasteiger partial charge is 0.345 e. The maximum absolute atomic E-state index is 11.0. The fraction of sp³-hybridized carbons (Fsp3) is 0.773. The second kappa shape index (κ2) is 12.4. The van der Waals surface area contributed by atoms with E-state index in [1.54, 1.807) is 6.07 Å². The van der Waals surface area contributed by atoms with Gasteiger partial charge in [0.25, 0.3) is 0 Å². The van der Waals surface area contributed by atoms with Crippen LogP contribution in [0.2, 0.25) is 0 Å². The Morgan fingerprint density at radius 2 is 1.81 bits per heavy atom. The molecule has 0 bridgehead atoms.